The van der Waals surface area contributed by atoms with E-state index in [0.29, 0.717) is 18.5 Å². The molecule has 1 aromatic carbocycles. The molecule has 6 heteroatoms. The SMILES string of the molecule is N#Cc1cnc(Cc2cc3cccc(NCCCO)c3cn2)cn1. The Morgan fingerprint density at radius 3 is 2.71 bits per heavy atom. The highest BCUT2D eigenvalue weighted by Crippen LogP contribution is 2.23. The predicted octanol–water partition coefficient (Wildman–Crippen LogP) is 2.28. The quantitative estimate of drug-likeness (QED) is 0.677. The van der Waals surface area contributed by atoms with Crippen molar-refractivity contribution in [3.8, 4) is 6.07 Å². The third kappa shape index (κ3) is 3.65. The fourth-order valence-corrected chi connectivity index (χ4v) is 2.46. The summed E-state index contributed by atoms with van der Waals surface area (Å²) >= 11 is 0. The molecule has 24 heavy (non-hydrogen) atoms. The van der Waals surface area contributed by atoms with Gasteiger partial charge in [0.05, 0.1) is 18.1 Å². The summed E-state index contributed by atoms with van der Waals surface area (Å²) in [5.41, 5.74) is 2.99. The minimum Gasteiger partial charge on any atom is -0.396 e. The average molecular weight is 319 g/mol. The fraction of sp³-hybridized carbons (Fsp3) is 0.222. The van der Waals surface area contributed by atoms with Crippen LogP contribution in [0.25, 0.3) is 10.8 Å². The zero-order valence-electron chi connectivity index (χ0n) is 13.1. The minimum absolute atomic E-state index is 0.172. The fourth-order valence-electron chi connectivity index (χ4n) is 2.46. The number of pyridine rings is 1. The molecule has 0 atom stereocenters. The summed E-state index contributed by atoms with van der Waals surface area (Å²) in [6.07, 6.45) is 6.20. The van der Waals surface area contributed by atoms with Crippen molar-refractivity contribution in [2.75, 3.05) is 18.5 Å². The molecule has 0 bridgehead atoms. The van der Waals surface area contributed by atoms with Gasteiger partial charge in [-0.1, -0.05) is 12.1 Å². The van der Waals surface area contributed by atoms with Crippen molar-refractivity contribution >= 4 is 16.5 Å². The zero-order valence-corrected chi connectivity index (χ0v) is 13.1. The second-order valence-corrected chi connectivity index (χ2v) is 5.39. The molecular weight excluding hydrogens is 302 g/mol. The molecule has 0 saturated heterocycles. The van der Waals surface area contributed by atoms with Gasteiger partial charge in [0, 0.05) is 42.5 Å². The first-order valence-electron chi connectivity index (χ1n) is 7.73. The van der Waals surface area contributed by atoms with Crippen LogP contribution in [0.2, 0.25) is 0 Å². The summed E-state index contributed by atoms with van der Waals surface area (Å²) in [7, 11) is 0. The van der Waals surface area contributed by atoms with E-state index in [4.69, 9.17) is 10.4 Å². The van der Waals surface area contributed by atoms with Gasteiger partial charge < -0.3 is 10.4 Å². The van der Waals surface area contributed by atoms with Crippen LogP contribution in [0.15, 0.2) is 42.9 Å². The molecule has 2 N–H and O–H groups in total. The number of hydrogen-bond donors (Lipinski definition) is 2. The van der Waals surface area contributed by atoms with E-state index in [9.17, 15) is 0 Å². The van der Waals surface area contributed by atoms with Crippen LogP contribution >= 0.6 is 0 Å². The Balaban J connectivity index is 1.81. The van der Waals surface area contributed by atoms with Gasteiger partial charge in [-0.05, 0) is 23.9 Å². The van der Waals surface area contributed by atoms with Gasteiger partial charge >= 0.3 is 0 Å². The lowest BCUT2D eigenvalue weighted by Crippen LogP contribution is -2.04. The first-order valence-corrected chi connectivity index (χ1v) is 7.73. The number of nitriles is 1. The highest BCUT2D eigenvalue weighted by atomic mass is 16.3. The number of aliphatic hydroxyl groups excluding tert-OH is 1. The van der Waals surface area contributed by atoms with Crippen LogP contribution < -0.4 is 5.32 Å². The molecule has 0 aliphatic rings. The molecule has 0 aliphatic carbocycles. The maximum atomic E-state index is 8.89. The normalized spacial score (nSPS) is 10.5. The minimum atomic E-state index is 0.172. The van der Waals surface area contributed by atoms with Crippen LogP contribution in [0.5, 0.6) is 0 Å². The molecule has 0 spiro atoms. The first-order chi connectivity index (χ1) is 11.8. The topological polar surface area (TPSA) is 94.7 Å². The number of fused-ring (bicyclic) bond motifs is 1. The lowest BCUT2D eigenvalue weighted by molar-refractivity contribution is 0.292. The van der Waals surface area contributed by atoms with Crippen molar-refractivity contribution < 1.29 is 5.11 Å². The van der Waals surface area contributed by atoms with Crippen molar-refractivity contribution in [1.29, 1.82) is 5.26 Å². The Labute approximate surface area is 139 Å². The molecule has 6 nitrogen and oxygen atoms in total. The van der Waals surface area contributed by atoms with Crippen LogP contribution in [-0.4, -0.2) is 33.2 Å². The summed E-state index contributed by atoms with van der Waals surface area (Å²) in [5.74, 6) is 0. The molecule has 3 rings (SSSR count). The van der Waals surface area contributed by atoms with Crippen LogP contribution in [0.4, 0.5) is 5.69 Å². The van der Waals surface area contributed by atoms with E-state index < -0.39 is 0 Å². The molecular formula is C18H17N5O. The number of nitrogens with zero attached hydrogens (tertiary/aromatic N) is 4. The summed E-state index contributed by atoms with van der Waals surface area (Å²) in [4.78, 5) is 12.8. The molecule has 2 aromatic heterocycles. The average Bonchev–Trinajstić information content (AvgIpc) is 2.62. The van der Waals surface area contributed by atoms with Gasteiger partial charge in [0.25, 0.3) is 0 Å². The monoisotopic (exact) mass is 319 g/mol. The summed E-state index contributed by atoms with van der Waals surface area (Å²) in [5, 5.41) is 23.1. The van der Waals surface area contributed by atoms with Gasteiger partial charge in [-0.3, -0.25) is 9.97 Å². The Morgan fingerprint density at radius 1 is 1.08 bits per heavy atom. The number of aliphatic hydroxyl groups is 1. The number of hydrogen-bond acceptors (Lipinski definition) is 6. The number of benzene rings is 1. The number of aromatic nitrogens is 3. The molecule has 0 fully saturated rings. The van der Waals surface area contributed by atoms with Crippen LogP contribution in [0, 0.1) is 11.3 Å². The van der Waals surface area contributed by atoms with Crippen LogP contribution in [0.1, 0.15) is 23.5 Å². The zero-order chi connectivity index (χ0) is 16.8. The van der Waals surface area contributed by atoms with E-state index in [0.717, 1.165) is 34.4 Å². The van der Waals surface area contributed by atoms with Gasteiger partial charge in [0.15, 0.2) is 5.69 Å². The highest BCUT2D eigenvalue weighted by molar-refractivity contribution is 5.93. The Morgan fingerprint density at radius 2 is 1.96 bits per heavy atom. The predicted molar refractivity (Wildman–Crippen MR) is 91.5 cm³/mol. The first kappa shape index (κ1) is 15.8. The number of rotatable bonds is 6. The van der Waals surface area contributed by atoms with E-state index in [1.165, 1.54) is 6.20 Å². The smallest absolute Gasteiger partial charge is 0.158 e. The maximum Gasteiger partial charge on any atom is 0.158 e. The van der Waals surface area contributed by atoms with Crippen molar-refractivity contribution in [2.45, 2.75) is 12.8 Å². The maximum absolute atomic E-state index is 8.89. The van der Waals surface area contributed by atoms with E-state index in [2.05, 4.69) is 20.3 Å². The lowest BCUT2D eigenvalue weighted by atomic mass is 10.1. The molecule has 0 amide bonds. The highest BCUT2D eigenvalue weighted by Gasteiger charge is 2.05. The summed E-state index contributed by atoms with van der Waals surface area (Å²) in [6.45, 7) is 0.893. The van der Waals surface area contributed by atoms with E-state index in [-0.39, 0.29) is 6.61 Å². The molecule has 120 valence electrons. The Hall–Kier alpha value is -3.04. The second kappa shape index (κ2) is 7.49. The van der Waals surface area contributed by atoms with Crippen molar-refractivity contribution in [3.05, 3.63) is 59.9 Å². The van der Waals surface area contributed by atoms with Gasteiger partial charge in [-0.2, -0.15) is 5.26 Å². The van der Waals surface area contributed by atoms with Gasteiger partial charge in [0.1, 0.15) is 6.07 Å². The van der Waals surface area contributed by atoms with Gasteiger partial charge in [-0.15, -0.1) is 0 Å². The molecule has 2 heterocycles. The molecule has 3 aromatic rings. The van der Waals surface area contributed by atoms with Crippen LogP contribution in [-0.2, 0) is 6.42 Å². The molecule has 0 unspecified atom stereocenters. The second-order valence-electron chi connectivity index (χ2n) is 5.39. The summed E-state index contributed by atoms with van der Waals surface area (Å²) < 4.78 is 0. The largest absolute Gasteiger partial charge is 0.396 e. The molecule has 0 radical (unpaired) electrons. The standard InChI is InChI=1S/C18H17N5O/c19-9-16-11-21-15(10-22-16)8-14-7-13-3-1-4-18(17(13)12-23-14)20-5-2-6-24/h1,3-4,7,10-12,20,24H,2,5-6,8H2. The third-order valence-electron chi connectivity index (χ3n) is 3.65. The molecule has 0 saturated carbocycles. The van der Waals surface area contributed by atoms with Crippen molar-refractivity contribution in [2.24, 2.45) is 0 Å². The Kier molecular flexibility index (Phi) is 4.94. The van der Waals surface area contributed by atoms with Crippen molar-refractivity contribution in [1.82, 2.24) is 15.0 Å². The van der Waals surface area contributed by atoms with Gasteiger partial charge in [-0.25, -0.2) is 4.98 Å². The van der Waals surface area contributed by atoms with E-state index in [1.807, 2.05) is 36.5 Å². The Bertz CT molecular complexity index is 871. The third-order valence-corrected chi connectivity index (χ3v) is 3.65. The lowest BCUT2D eigenvalue weighted by Gasteiger charge is -2.10. The van der Waals surface area contributed by atoms with Crippen LogP contribution in [0.3, 0.4) is 0 Å². The number of nitrogens with one attached hydrogen (secondary N) is 1. The van der Waals surface area contributed by atoms with Gasteiger partial charge in [0.2, 0.25) is 0 Å². The molecule has 0 aliphatic heterocycles. The van der Waals surface area contributed by atoms with E-state index in [1.54, 1.807) is 6.20 Å². The summed E-state index contributed by atoms with van der Waals surface area (Å²) in [6, 6.07) is 10.0. The van der Waals surface area contributed by atoms with E-state index >= 15 is 0 Å². The number of anilines is 1. The van der Waals surface area contributed by atoms with Crippen molar-refractivity contribution in [3.63, 3.8) is 0 Å².